The van der Waals surface area contributed by atoms with E-state index in [0.29, 0.717) is 0 Å². The van der Waals surface area contributed by atoms with E-state index in [1.807, 2.05) is 0 Å². The Kier molecular flexibility index (Phi) is 4.77. The Morgan fingerprint density at radius 3 is 1.55 bits per heavy atom. The van der Waals surface area contributed by atoms with E-state index < -0.39 is 0 Å². The Morgan fingerprint density at radius 1 is 0.265 bits per heavy atom. The van der Waals surface area contributed by atoms with Gasteiger partial charge in [0.2, 0.25) is 0 Å². The van der Waals surface area contributed by atoms with Crippen molar-refractivity contribution in [2.24, 2.45) is 0 Å². The largest absolute Gasteiger partial charge is 0.308 e. The van der Waals surface area contributed by atoms with E-state index in [1.54, 1.807) is 0 Å². The van der Waals surface area contributed by atoms with Crippen molar-refractivity contribution in [3.63, 3.8) is 0 Å². The summed E-state index contributed by atoms with van der Waals surface area (Å²) in [5.41, 5.74) is 8.89. The van der Waals surface area contributed by atoms with Gasteiger partial charge in [0, 0.05) is 26.9 Å². The Hall–Kier alpha value is -6.44. The number of hydrogen-bond donors (Lipinski definition) is 0. The summed E-state index contributed by atoms with van der Waals surface area (Å²) in [6, 6.07) is 61.1. The second-order valence-corrected chi connectivity index (χ2v) is 13.6. The highest BCUT2D eigenvalue weighted by Crippen LogP contribution is 2.49. The summed E-state index contributed by atoms with van der Waals surface area (Å²) in [5.74, 6) is 0. The van der Waals surface area contributed by atoms with Gasteiger partial charge in [0.25, 0.3) is 0 Å². The second kappa shape index (κ2) is 9.13. The van der Waals surface area contributed by atoms with Crippen molar-refractivity contribution in [3.05, 3.63) is 164 Å². The van der Waals surface area contributed by atoms with E-state index in [9.17, 15) is 0 Å². The number of rotatable bonds is 2. The molecule has 1 heteroatoms. The molecule has 2 heterocycles. The van der Waals surface area contributed by atoms with E-state index in [4.69, 9.17) is 0 Å². The molecule has 0 spiro atoms. The summed E-state index contributed by atoms with van der Waals surface area (Å²) < 4.78 is 2.51. The molecule has 49 heavy (non-hydrogen) atoms. The SMILES string of the molecule is c1cc(-c2ccc3c4ccccc4c4ccccc4c3c2)cc(-c2ccc3c4c2c2ccccc2c2ccc5c6ccccc6n3c5c24)c1. The molecule has 0 N–H and O–H groups in total. The highest BCUT2D eigenvalue weighted by atomic mass is 14.9. The van der Waals surface area contributed by atoms with Crippen molar-refractivity contribution >= 4 is 92.0 Å². The Balaban J connectivity index is 1.15. The molecule has 224 valence electrons. The van der Waals surface area contributed by atoms with E-state index in [0.717, 1.165) is 0 Å². The molecule has 0 atom stereocenters. The second-order valence-electron chi connectivity index (χ2n) is 13.6. The van der Waals surface area contributed by atoms with E-state index in [-0.39, 0.29) is 0 Å². The van der Waals surface area contributed by atoms with Crippen LogP contribution in [0.25, 0.3) is 114 Å². The van der Waals surface area contributed by atoms with Crippen LogP contribution in [0.15, 0.2) is 164 Å². The molecular weight excluding hydrogens is 591 g/mol. The standard InChI is InChI=1S/C48H27N/c1-2-14-34-32(12-1)33-13-3-4-15-35(33)42-27-29(20-21-37(34)42)28-10-9-11-30(26-28)31-24-25-44-47-45(31)39-18-6-5-16-36(39)40-22-23-41-38-17-7-8-19-43(38)49(44)48(41)46(40)47/h1-27H. The summed E-state index contributed by atoms with van der Waals surface area (Å²) in [6.45, 7) is 0. The summed E-state index contributed by atoms with van der Waals surface area (Å²) >= 11 is 0. The quantitative estimate of drug-likeness (QED) is 0.170. The number of benzene rings is 10. The third-order valence-electron chi connectivity index (χ3n) is 11.2. The molecule has 0 aliphatic heterocycles. The van der Waals surface area contributed by atoms with Crippen LogP contribution in [0.2, 0.25) is 0 Å². The number of nitrogens with zero attached hydrogens (tertiary/aromatic N) is 1. The van der Waals surface area contributed by atoms with Gasteiger partial charge in [-0.05, 0) is 95.0 Å². The van der Waals surface area contributed by atoms with Gasteiger partial charge in [0.05, 0.1) is 16.6 Å². The molecule has 0 saturated heterocycles. The van der Waals surface area contributed by atoms with E-state index >= 15 is 0 Å². The summed E-state index contributed by atoms with van der Waals surface area (Å²) in [6.07, 6.45) is 0. The van der Waals surface area contributed by atoms with Crippen LogP contribution >= 0.6 is 0 Å². The van der Waals surface area contributed by atoms with Gasteiger partial charge < -0.3 is 4.40 Å². The maximum absolute atomic E-state index is 2.51. The number of aromatic nitrogens is 1. The van der Waals surface area contributed by atoms with Gasteiger partial charge in [-0.25, -0.2) is 0 Å². The summed E-state index contributed by atoms with van der Waals surface area (Å²) in [7, 11) is 0. The first-order valence-corrected chi connectivity index (χ1v) is 17.1. The van der Waals surface area contributed by atoms with Gasteiger partial charge in [0.1, 0.15) is 0 Å². The van der Waals surface area contributed by atoms with Crippen LogP contribution in [0, 0.1) is 0 Å². The van der Waals surface area contributed by atoms with Crippen LogP contribution < -0.4 is 0 Å². The first-order valence-electron chi connectivity index (χ1n) is 17.1. The monoisotopic (exact) mass is 617 g/mol. The number of hydrogen-bond acceptors (Lipinski definition) is 0. The topological polar surface area (TPSA) is 4.41 Å². The fourth-order valence-electron chi connectivity index (χ4n) is 9.23. The summed E-state index contributed by atoms with van der Waals surface area (Å²) in [4.78, 5) is 0. The third-order valence-corrected chi connectivity index (χ3v) is 11.2. The minimum absolute atomic E-state index is 1.23. The van der Waals surface area contributed by atoms with Crippen LogP contribution in [-0.4, -0.2) is 4.40 Å². The third kappa shape index (κ3) is 3.20. The molecule has 0 unspecified atom stereocenters. The Morgan fingerprint density at radius 2 is 0.796 bits per heavy atom. The van der Waals surface area contributed by atoms with Crippen molar-refractivity contribution in [2.45, 2.75) is 0 Å². The molecule has 0 aliphatic rings. The predicted molar refractivity (Wildman–Crippen MR) is 211 cm³/mol. The molecule has 0 radical (unpaired) electrons. The lowest BCUT2D eigenvalue weighted by Gasteiger charge is -2.15. The van der Waals surface area contributed by atoms with Crippen molar-refractivity contribution in [2.75, 3.05) is 0 Å². The molecule has 10 aromatic carbocycles. The van der Waals surface area contributed by atoms with Crippen LogP contribution in [0.3, 0.4) is 0 Å². The highest BCUT2D eigenvalue weighted by molar-refractivity contribution is 6.40. The Labute approximate surface area is 281 Å². The van der Waals surface area contributed by atoms with Gasteiger partial charge in [-0.2, -0.15) is 0 Å². The van der Waals surface area contributed by atoms with Gasteiger partial charge in [-0.1, -0.05) is 140 Å². The van der Waals surface area contributed by atoms with Crippen LogP contribution in [0.5, 0.6) is 0 Å². The lowest BCUT2D eigenvalue weighted by atomic mass is 9.88. The van der Waals surface area contributed by atoms with Crippen LogP contribution in [-0.2, 0) is 0 Å². The molecule has 0 fully saturated rings. The van der Waals surface area contributed by atoms with Crippen molar-refractivity contribution < 1.29 is 0 Å². The summed E-state index contributed by atoms with van der Waals surface area (Å²) in [5, 5.41) is 18.5. The average Bonchev–Trinajstić information content (AvgIpc) is 3.70. The van der Waals surface area contributed by atoms with Crippen molar-refractivity contribution in [1.82, 2.24) is 4.40 Å². The Bertz CT molecular complexity index is 3290. The first kappa shape index (κ1) is 25.6. The lowest BCUT2D eigenvalue weighted by molar-refractivity contribution is 1.37. The number of para-hydroxylation sites is 1. The molecule has 0 bridgehead atoms. The van der Waals surface area contributed by atoms with Gasteiger partial charge in [0.15, 0.2) is 0 Å². The zero-order valence-corrected chi connectivity index (χ0v) is 26.5. The molecular formula is C48H27N. The van der Waals surface area contributed by atoms with Crippen LogP contribution in [0.1, 0.15) is 0 Å². The maximum Gasteiger partial charge on any atom is 0.0626 e. The number of fused-ring (bicyclic) bond motifs is 13. The molecule has 0 aliphatic carbocycles. The normalized spacial score (nSPS) is 12.5. The smallest absolute Gasteiger partial charge is 0.0626 e. The fraction of sp³-hybridized carbons (Fsp3) is 0. The van der Waals surface area contributed by atoms with Gasteiger partial charge in [-0.15, -0.1) is 0 Å². The molecule has 12 rings (SSSR count). The highest BCUT2D eigenvalue weighted by Gasteiger charge is 2.24. The van der Waals surface area contributed by atoms with Crippen LogP contribution in [0.4, 0.5) is 0 Å². The first-order chi connectivity index (χ1) is 24.3. The predicted octanol–water partition coefficient (Wildman–Crippen LogP) is 13.4. The molecule has 12 aromatic rings. The van der Waals surface area contributed by atoms with E-state index in [1.165, 1.54) is 114 Å². The van der Waals surface area contributed by atoms with Gasteiger partial charge >= 0.3 is 0 Å². The average molecular weight is 618 g/mol. The molecule has 0 amide bonds. The van der Waals surface area contributed by atoms with Crippen molar-refractivity contribution in [3.8, 4) is 22.3 Å². The zero-order valence-electron chi connectivity index (χ0n) is 26.5. The maximum atomic E-state index is 2.51. The molecule has 1 nitrogen and oxygen atoms in total. The molecule has 0 saturated carbocycles. The minimum atomic E-state index is 1.23. The minimum Gasteiger partial charge on any atom is -0.308 e. The zero-order chi connectivity index (χ0) is 31.8. The lowest BCUT2D eigenvalue weighted by Crippen LogP contribution is -1.88. The van der Waals surface area contributed by atoms with Gasteiger partial charge in [-0.3, -0.25) is 0 Å². The molecule has 2 aromatic heterocycles. The van der Waals surface area contributed by atoms with E-state index in [2.05, 4.69) is 168 Å². The fourth-order valence-corrected chi connectivity index (χ4v) is 9.23. The van der Waals surface area contributed by atoms with Crippen molar-refractivity contribution in [1.29, 1.82) is 0 Å².